The molecule has 72 valence electrons. The second-order valence-electron chi connectivity index (χ2n) is 3.13. The van der Waals surface area contributed by atoms with E-state index < -0.39 is 11.8 Å². The fraction of sp³-hybridized carbons (Fsp3) is 1.00. The van der Waals surface area contributed by atoms with Crippen molar-refractivity contribution in [2.45, 2.75) is 31.0 Å². The van der Waals surface area contributed by atoms with Crippen molar-refractivity contribution in [2.75, 3.05) is 13.1 Å². The molecule has 0 aliphatic carbocycles. The van der Waals surface area contributed by atoms with Gasteiger partial charge in [0.25, 0.3) is 0 Å². The molecule has 1 rings (SSSR count). The summed E-state index contributed by atoms with van der Waals surface area (Å²) < 4.78 is 36.7. The first-order valence-electron chi connectivity index (χ1n) is 3.95. The van der Waals surface area contributed by atoms with Gasteiger partial charge in [0.05, 0.1) is 0 Å². The first-order valence-corrected chi connectivity index (χ1v) is 3.95. The quantitative estimate of drug-likeness (QED) is 0.588. The lowest BCUT2D eigenvalue weighted by Gasteiger charge is -2.28. The molecule has 1 aliphatic rings. The normalized spacial score (nSPS) is 33.0. The van der Waals surface area contributed by atoms with Crippen LogP contribution in [-0.4, -0.2) is 30.0 Å². The highest BCUT2D eigenvalue weighted by Crippen LogP contribution is 2.37. The molecule has 1 atom stereocenters. The number of rotatable bonds is 0. The van der Waals surface area contributed by atoms with E-state index in [1.54, 1.807) is 0 Å². The Labute approximate surface area is 68.8 Å². The third-order valence-electron chi connectivity index (χ3n) is 2.19. The number of halogens is 3. The number of hydrogen-bond donors (Lipinski definition) is 2. The predicted molar refractivity (Wildman–Crippen MR) is 37.7 cm³/mol. The smallest absolute Gasteiger partial charge is 0.380 e. The molecule has 0 bridgehead atoms. The Kier molecular flexibility index (Phi) is 2.63. The van der Waals surface area contributed by atoms with Crippen LogP contribution in [0, 0.1) is 0 Å². The van der Waals surface area contributed by atoms with E-state index in [9.17, 15) is 18.3 Å². The van der Waals surface area contributed by atoms with Gasteiger partial charge in [0, 0.05) is 0 Å². The molecule has 12 heavy (non-hydrogen) atoms. The molecule has 1 aliphatic heterocycles. The van der Waals surface area contributed by atoms with Crippen molar-refractivity contribution in [1.82, 2.24) is 5.32 Å². The molecular weight excluding hydrogens is 171 g/mol. The largest absolute Gasteiger partial charge is 0.417 e. The van der Waals surface area contributed by atoms with Gasteiger partial charge in [-0.2, -0.15) is 13.2 Å². The lowest BCUT2D eigenvalue weighted by molar-refractivity contribution is -0.263. The molecule has 5 heteroatoms. The summed E-state index contributed by atoms with van der Waals surface area (Å²) in [7, 11) is 0. The van der Waals surface area contributed by atoms with Crippen LogP contribution in [0.2, 0.25) is 0 Å². The molecule has 0 aromatic carbocycles. The van der Waals surface area contributed by atoms with Gasteiger partial charge in [0.15, 0.2) is 5.60 Å². The zero-order chi connectivity index (χ0) is 9.24. The summed E-state index contributed by atoms with van der Waals surface area (Å²) in [5.74, 6) is 0. The van der Waals surface area contributed by atoms with E-state index >= 15 is 0 Å². The number of nitrogens with one attached hydrogen (secondary N) is 1. The third-order valence-corrected chi connectivity index (χ3v) is 2.19. The van der Waals surface area contributed by atoms with E-state index in [-0.39, 0.29) is 19.4 Å². The monoisotopic (exact) mass is 183 g/mol. The van der Waals surface area contributed by atoms with Crippen LogP contribution in [0.1, 0.15) is 19.3 Å². The summed E-state index contributed by atoms with van der Waals surface area (Å²) >= 11 is 0. The minimum absolute atomic E-state index is 0.191. The Morgan fingerprint density at radius 3 is 2.42 bits per heavy atom. The van der Waals surface area contributed by atoms with Gasteiger partial charge >= 0.3 is 6.18 Å². The van der Waals surface area contributed by atoms with E-state index in [2.05, 4.69) is 5.32 Å². The molecule has 1 saturated heterocycles. The summed E-state index contributed by atoms with van der Waals surface area (Å²) in [6, 6.07) is 0. The molecule has 2 N–H and O–H groups in total. The lowest BCUT2D eigenvalue weighted by atomic mass is 9.94. The van der Waals surface area contributed by atoms with Crippen LogP contribution in [0.25, 0.3) is 0 Å². The fourth-order valence-electron chi connectivity index (χ4n) is 1.33. The molecule has 1 heterocycles. The Morgan fingerprint density at radius 2 is 1.83 bits per heavy atom. The summed E-state index contributed by atoms with van der Waals surface area (Å²) in [5.41, 5.74) is -2.46. The average molecular weight is 183 g/mol. The Bertz CT molecular complexity index is 149. The molecule has 0 radical (unpaired) electrons. The molecule has 0 spiro atoms. The van der Waals surface area contributed by atoms with Crippen LogP contribution in [-0.2, 0) is 0 Å². The van der Waals surface area contributed by atoms with Gasteiger partial charge in [0.2, 0.25) is 0 Å². The minimum atomic E-state index is -4.49. The molecule has 0 saturated carbocycles. The summed E-state index contributed by atoms with van der Waals surface area (Å²) in [4.78, 5) is 0. The fourth-order valence-corrected chi connectivity index (χ4v) is 1.33. The van der Waals surface area contributed by atoms with Crippen molar-refractivity contribution in [1.29, 1.82) is 0 Å². The number of hydrogen-bond acceptors (Lipinski definition) is 2. The average Bonchev–Trinajstić information content (AvgIpc) is 2.12. The van der Waals surface area contributed by atoms with Gasteiger partial charge in [0.1, 0.15) is 0 Å². The first-order chi connectivity index (χ1) is 5.46. The molecule has 1 fully saturated rings. The van der Waals surface area contributed by atoms with E-state index in [1.807, 2.05) is 0 Å². The number of alkyl halides is 3. The van der Waals surface area contributed by atoms with Crippen molar-refractivity contribution >= 4 is 0 Å². The van der Waals surface area contributed by atoms with Gasteiger partial charge in [-0.25, -0.2) is 0 Å². The number of aliphatic hydroxyl groups is 1. The molecule has 0 aromatic heterocycles. The minimum Gasteiger partial charge on any atom is -0.380 e. The maximum absolute atomic E-state index is 12.2. The first kappa shape index (κ1) is 9.80. The zero-order valence-corrected chi connectivity index (χ0v) is 6.62. The second kappa shape index (κ2) is 3.22. The van der Waals surface area contributed by atoms with Crippen molar-refractivity contribution in [3.63, 3.8) is 0 Å². The van der Waals surface area contributed by atoms with Crippen molar-refractivity contribution in [3.8, 4) is 0 Å². The highest BCUT2D eigenvalue weighted by Gasteiger charge is 2.52. The van der Waals surface area contributed by atoms with E-state index in [0.29, 0.717) is 13.0 Å². The van der Waals surface area contributed by atoms with Crippen LogP contribution in [0.5, 0.6) is 0 Å². The van der Waals surface area contributed by atoms with Gasteiger partial charge < -0.3 is 10.4 Å². The standard InChI is InChI=1S/C7H12F3NO/c8-7(9,10)6(12)2-1-4-11-5-3-6/h11-12H,1-5H2/t6-/m0/s1. The summed E-state index contributed by atoms with van der Waals surface area (Å²) in [5, 5.41) is 12.0. The van der Waals surface area contributed by atoms with Crippen LogP contribution in [0.15, 0.2) is 0 Å². The maximum atomic E-state index is 12.2. The Hall–Kier alpha value is -0.290. The van der Waals surface area contributed by atoms with E-state index in [0.717, 1.165) is 0 Å². The van der Waals surface area contributed by atoms with Crippen molar-refractivity contribution in [3.05, 3.63) is 0 Å². The molecule has 2 nitrogen and oxygen atoms in total. The van der Waals surface area contributed by atoms with Crippen molar-refractivity contribution in [2.24, 2.45) is 0 Å². The van der Waals surface area contributed by atoms with Crippen LogP contribution < -0.4 is 5.32 Å². The molecular formula is C7H12F3NO. The SMILES string of the molecule is O[C@@]1(C(F)(F)F)CCCNCC1. The van der Waals surface area contributed by atoms with Gasteiger partial charge in [-0.3, -0.25) is 0 Å². The predicted octanol–water partition coefficient (Wildman–Crippen LogP) is 1.05. The van der Waals surface area contributed by atoms with Crippen LogP contribution in [0.3, 0.4) is 0 Å². The zero-order valence-electron chi connectivity index (χ0n) is 6.62. The summed E-state index contributed by atoms with van der Waals surface area (Å²) in [6.45, 7) is 0.786. The highest BCUT2D eigenvalue weighted by atomic mass is 19.4. The Balaban J connectivity index is 2.67. The van der Waals surface area contributed by atoms with E-state index in [4.69, 9.17) is 0 Å². The van der Waals surface area contributed by atoms with Gasteiger partial charge in [-0.15, -0.1) is 0 Å². The van der Waals surface area contributed by atoms with Gasteiger partial charge in [-0.1, -0.05) is 0 Å². The highest BCUT2D eigenvalue weighted by molar-refractivity contribution is 4.88. The molecule has 0 amide bonds. The van der Waals surface area contributed by atoms with Gasteiger partial charge in [-0.05, 0) is 32.4 Å². The second-order valence-corrected chi connectivity index (χ2v) is 3.13. The maximum Gasteiger partial charge on any atom is 0.417 e. The van der Waals surface area contributed by atoms with Crippen LogP contribution >= 0.6 is 0 Å². The molecule has 0 unspecified atom stereocenters. The van der Waals surface area contributed by atoms with Crippen LogP contribution in [0.4, 0.5) is 13.2 Å². The lowest BCUT2D eigenvalue weighted by Crippen LogP contribution is -2.45. The van der Waals surface area contributed by atoms with E-state index in [1.165, 1.54) is 0 Å². The third kappa shape index (κ3) is 1.90. The summed E-state index contributed by atoms with van der Waals surface area (Å²) in [6.07, 6.45) is -4.55. The van der Waals surface area contributed by atoms with Crippen molar-refractivity contribution < 1.29 is 18.3 Å². The topological polar surface area (TPSA) is 32.3 Å². The molecule has 0 aromatic rings. The Morgan fingerprint density at radius 1 is 1.17 bits per heavy atom.